The molecule has 1 amide bonds. The molecular weight excluding hydrogens is 290 g/mol. The van der Waals surface area contributed by atoms with Gasteiger partial charge in [0, 0.05) is 12.3 Å². The third kappa shape index (κ3) is 4.57. The van der Waals surface area contributed by atoms with Gasteiger partial charge in [-0.2, -0.15) is 11.8 Å². The first-order valence-electron chi connectivity index (χ1n) is 6.52. The zero-order valence-corrected chi connectivity index (χ0v) is 12.5. The van der Waals surface area contributed by atoms with Gasteiger partial charge in [0.1, 0.15) is 11.8 Å². The van der Waals surface area contributed by atoms with E-state index in [1.165, 1.54) is 0 Å². The van der Waals surface area contributed by atoms with Crippen LogP contribution in [-0.2, 0) is 11.3 Å². The second kappa shape index (κ2) is 7.80. The molecule has 0 saturated heterocycles. The highest BCUT2D eigenvalue weighted by Crippen LogP contribution is 2.15. The SMILES string of the molecule is CSCC[C@@H](O)C(=O)NCc1cc(-c2ccccn2)no1. The number of amides is 1. The molecule has 0 saturated carbocycles. The van der Waals surface area contributed by atoms with E-state index in [0.717, 1.165) is 5.75 Å². The molecule has 0 aliphatic heterocycles. The molecule has 0 aliphatic rings. The first-order chi connectivity index (χ1) is 10.2. The average Bonchev–Trinajstić information content (AvgIpc) is 3.00. The molecule has 7 heteroatoms. The normalized spacial score (nSPS) is 12.1. The lowest BCUT2D eigenvalue weighted by Crippen LogP contribution is -2.34. The Morgan fingerprint density at radius 1 is 1.48 bits per heavy atom. The van der Waals surface area contributed by atoms with E-state index in [0.29, 0.717) is 23.6 Å². The fourth-order valence-electron chi connectivity index (χ4n) is 1.68. The summed E-state index contributed by atoms with van der Waals surface area (Å²) in [5.74, 6) is 0.849. The maximum absolute atomic E-state index is 11.7. The highest BCUT2D eigenvalue weighted by molar-refractivity contribution is 7.98. The van der Waals surface area contributed by atoms with Crippen molar-refractivity contribution in [3.8, 4) is 11.4 Å². The van der Waals surface area contributed by atoms with Crippen molar-refractivity contribution >= 4 is 17.7 Å². The summed E-state index contributed by atoms with van der Waals surface area (Å²) in [6.45, 7) is 0.189. The number of pyridine rings is 1. The summed E-state index contributed by atoms with van der Waals surface area (Å²) >= 11 is 1.59. The molecule has 0 bridgehead atoms. The Balaban J connectivity index is 1.87. The van der Waals surface area contributed by atoms with Crippen LogP contribution < -0.4 is 5.32 Å². The van der Waals surface area contributed by atoms with Gasteiger partial charge in [-0.05, 0) is 30.6 Å². The molecule has 2 aromatic rings. The smallest absolute Gasteiger partial charge is 0.249 e. The first kappa shape index (κ1) is 15.5. The van der Waals surface area contributed by atoms with Crippen LogP contribution in [0.15, 0.2) is 35.0 Å². The first-order valence-corrected chi connectivity index (χ1v) is 7.92. The maximum atomic E-state index is 11.7. The number of aromatic nitrogens is 2. The van der Waals surface area contributed by atoms with Gasteiger partial charge in [0.2, 0.25) is 5.91 Å². The Hall–Kier alpha value is -1.86. The van der Waals surface area contributed by atoms with Gasteiger partial charge >= 0.3 is 0 Å². The lowest BCUT2D eigenvalue weighted by Gasteiger charge is -2.09. The number of aliphatic hydroxyl groups excluding tert-OH is 1. The van der Waals surface area contributed by atoms with E-state index in [1.54, 1.807) is 24.0 Å². The summed E-state index contributed by atoms with van der Waals surface area (Å²) in [5.41, 5.74) is 1.32. The number of nitrogens with one attached hydrogen (secondary N) is 1. The average molecular weight is 307 g/mol. The van der Waals surface area contributed by atoms with Gasteiger partial charge in [0.05, 0.1) is 12.2 Å². The fraction of sp³-hybridized carbons (Fsp3) is 0.357. The Morgan fingerprint density at radius 2 is 2.33 bits per heavy atom. The number of carbonyl (C=O) groups excluding carboxylic acids is 1. The lowest BCUT2D eigenvalue weighted by atomic mass is 10.2. The van der Waals surface area contributed by atoms with Crippen molar-refractivity contribution in [3.63, 3.8) is 0 Å². The summed E-state index contributed by atoms with van der Waals surface area (Å²) in [4.78, 5) is 15.8. The molecule has 6 nitrogen and oxygen atoms in total. The van der Waals surface area contributed by atoms with Crippen LogP contribution in [0.3, 0.4) is 0 Å². The highest BCUT2D eigenvalue weighted by Gasteiger charge is 2.15. The van der Waals surface area contributed by atoms with Gasteiger partial charge in [-0.25, -0.2) is 0 Å². The van der Waals surface area contributed by atoms with Gasteiger partial charge in [-0.3, -0.25) is 9.78 Å². The highest BCUT2D eigenvalue weighted by atomic mass is 32.2. The molecule has 2 rings (SSSR count). The van der Waals surface area contributed by atoms with Crippen molar-refractivity contribution in [2.24, 2.45) is 0 Å². The van der Waals surface area contributed by atoms with E-state index in [1.807, 2.05) is 24.5 Å². The fourth-order valence-corrected chi connectivity index (χ4v) is 2.14. The van der Waals surface area contributed by atoms with E-state index in [9.17, 15) is 9.90 Å². The minimum absolute atomic E-state index is 0.189. The van der Waals surface area contributed by atoms with Gasteiger partial charge in [0.25, 0.3) is 0 Å². The molecule has 2 N–H and O–H groups in total. The summed E-state index contributed by atoms with van der Waals surface area (Å²) in [6, 6.07) is 7.23. The Bertz CT molecular complexity index is 574. The minimum atomic E-state index is -0.990. The van der Waals surface area contributed by atoms with Gasteiger partial charge in [-0.15, -0.1) is 0 Å². The predicted molar refractivity (Wildman–Crippen MR) is 80.6 cm³/mol. The standard InChI is InChI=1S/C14H17N3O3S/c1-21-7-5-13(18)14(19)16-9-10-8-12(17-20-10)11-4-2-3-6-15-11/h2-4,6,8,13,18H,5,7,9H2,1H3,(H,16,19)/t13-/m1/s1. The molecular formula is C14H17N3O3S. The van der Waals surface area contributed by atoms with Crippen LogP contribution in [0, 0.1) is 0 Å². The van der Waals surface area contributed by atoms with E-state index in [4.69, 9.17) is 4.52 Å². The number of hydrogen-bond acceptors (Lipinski definition) is 6. The molecule has 2 aromatic heterocycles. The van der Waals surface area contributed by atoms with Crippen LogP contribution in [0.5, 0.6) is 0 Å². The molecule has 0 fully saturated rings. The zero-order chi connectivity index (χ0) is 15.1. The Labute approximate surface area is 126 Å². The third-order valence-electron chi connectivity index (χ3n) is 2.82. The number of carbonyl (C=O) groups is 1. The summed E-state index contributed by atoms with van der Waals surface area (Å²) in [7, 11) is 0. The summed E-state index contributed by atoms with van der Waals surface area (Å²) < 4.78 is 5.14. The Kier molecular flexibility index (Phi) is 5.77. The molecule has 0 radical (unpaired) electrons. The number of nitrogens with zero attached hydrogens (tertiary/aromatic N) is 2. The van der Waals surface area contributed by atoms with Crippen LogP contribution >= 0.6 is 11.8 Å². The van der Waals surface area contributed by atoms with Crippen molar-refractivity contribution in [2.75, 3.05) is 12.0 Å². The second-order valence-electron chi connectivity index (χ2n) is 4.41. The Morgan fingerprint density at radius 3 is 3.05 bits per heavy atom. The van der Waals surface area contributed by atoms with Crippen LogP contribution in [0.1, 0.15) is 12.2 Å². The van der Waals surface area contributed by atoms with Crippen molar-refractivity contribution in [1.82, 2.24) is 15.5 Å². The predicted octanol–water partition coefficient (Wildman–Crippen LogP) is 1.47. The molecule has 0 aliphatic carbocycles. The third-order valence-corrected chi connectivity index (χ3v) is 3.47. The van der Waals surface area contributed by atoms with Crippen molar-refractivity contribution in [3.05, 3.63) is 36.2 Å². The van der Waals surface area contributed by atoms with Gasteiger partial charge in [-0.1, -0.05) is 11.2 Å². The van der Waals surface area contributed by atoms with E-state index < -0.39 is 12.0 Å². The zero-order valence-electron chi connectivity index (χ0n) is 11.7. The molecule has 21 heavy (non-hydrogen) atoms. The van der Waals surface area contributed by atoms with E-state index >= 15 is 0 Å². The van der Waals surface area contributed by atoms with E-state index in [2.05, 4.69) is 15.5 Å². The lowest BCUT2D eigenvalue weighted by molar-refractivity contribution is -0.129. The molecule has 1 atom stereocenters. The minimum Gasteiger partial charge on any atom is -0.383 e. The van der Waals surface area contributed by atoms with Crippen LogP contribution in [-0.4, -0.2) is 39.3 Å². The van der Waals surface area contributed by atoms with Crippen molar-refractivity contribution in [2.45, 2.75) is 19.1 Å². The van der Waals surface area contributed by atoms with Crippen LogP contribution in [0.4, 0.5) is 0 Å². The molecule has 2 heterocycles. The van der Waals surface area contributed by atoms with Gasteiger partial charge in [0.15, 0.2) is 5.76 Å². The van der Waals surface area contributed by atoms with Crippen LogP contribution in [0.25, 0.3) is 11.4 Å². The van der Waals surface area contributed by atoms with Crippen LogP contribution in [0.2, 0.25) is 0 Å². The van der Waals surface area contributed by atoms with Crippen molar-refractivity contribution < 1.29 is 14.4 Å². The van der Waals surface area contributed by atoms with E-state index in [-0.39, 0.29) is 6.54 Å². The maximum Gasteiger partial charge on any atom is 0.249 e. The second-order valence-corrected chi connectivity index (χ2v) is 5.39. The monoisotopic (exact) mass is 307 g/mol. The largest absolute Gasteiger partial charge is 0.383 e. The topological polar surface area (TPSA) is 88.2 Å². The molecule has 0 aromatic carbocycles. The number of hydrogen-bond donors (Lipinski definition) is 2. The molecule has 0 spiro atoms. The summed E-state index contributed by atoms with van der Waals surface area (Å²) in [6.07, 6.45) is 3.05. The summed E-state index contributed by atoms with van der Waals surface area (Å²) in [5, 5.41) is 16.2. The van der Waals surface area contributed by atoms with Crippen molar-refractivity contribution in [1.29, 1.82) is 0 Å². The quantitative estimate of drug-likeness (QED) is 0.805. The van der Waals surface area contributed by atoms with Gasteiger partial charge < -0.3 is 14.9 Å². The molecule has 112 valence electrons. The number of rotatable bonds is 7. The number of aliphatic hydroxyl groups is 1. The molecule has 0 unspecified atom stereocenters. The number of thioether (sulfide) groups is 1.